The van der Waals surface area contributed by atoms with Crippen LogP contribution in [-0.2, 0) is 19.8 Å². The van der Waals surface area contributed by atoms with Crippen molar-refractivity contribution in [3.05, 3.63) is 35.6 Å². The zero-order valence-corrected chi connectivity index (χ0v) is 14.9. The molecule has 1 aliphatic rings. The van der Waals surface area contributed by atoms with E-state index in [0.29, 0.717) is 31.4 Å². The van der Waals surface area contributed by atoms with Crippen LogP contribution in [0.3, 0.4) is 0 Å². The summed E-state index contributed by atoms with van der Waals surface area (Å²) >= 11 is 1.22. The summed E-state index contributed by atoms with van der Waals surface area (Å²) in [6.45, 7) is 3.30. The zero-order chi connectivity index (χ0) is 17.7. The standard InChI is InChI=1S/C17H21N3O4S/c1-2-24-15(22)13-12-25-16(18-13)19-14(21)11-17(5-9-23-10-6-17)20-7-3-4-8-20/h3-4,7-8,12H,2,5-6,9-11H2,1H3,(H,18,19,21). The van der Waals surface area contributed by atoms with Gasteiger partial charge in [-0.3, -0.25) is 4.79 Å². The van der Waals surface area contributed by atoms with Crippen molar-refractivity contribution in [3.8, 4) is 0 Å². The van der Waals surface area contributed by atoms with Crippen molar-refractivity contribution in [3.63, 3.8) is 0 Å². The van der Waals surface area contributed by atoms with Crippen molar-refractivity contribution in [2.45, 2.75) is 31.7 Å². The number of ether oxygens (including phenoxy) is 2. The van der Waals surface area contributed by atoms with Crippen molar-refractivity contribution >= 4 is 28.3 Å². The Morgan fingerprint density at radius 1 is 1.36 bits per heavy atom. The Morgan fingerprint density at radius 3 is 2.76 bits per heavy atom. The number of hydrogen-bond donors (Lipinski definition) is 1. The molecule has 1 aliphatic heterocycles. The monoisotopic (exact) mass is 363 g/mol. The Kier molecular flexibility index (Phi) is 5.50. The number of aromatic nitrogens is 2. The first-order valence-corrected chi connectivity index (χ1v) is 9.15. The maximum Gasteiger partial charge on any atom is 0.357 e. The molecule has 1 N–H and O–H groups in total. The van der Waals surface area contributed by atoms with E-state index in [1.165, 1.54) is 11.3 Å². The maximum absolute atomic E-state index is 12.6. The second-order valence-corrected chi connectivity index (χ2v) is 6.77. The highest BCUT2D eigenvalue weighted by Crippen LogP contribution is 2.33. The quantitative estimate of drug-likeness (QED) is 0.798. The summed E-state index contributed by atoms with van der Waals surface area (Å²) in [6, 6.07) is 3.92. The number of anilines is 1. The Morgan fingerprint density at radius 2 is 2.08 bits per heavy atom. The molecule has 7 nitrogen and oxygen atoms in total. The summed E-state index contributed by atoms with van der Waals surface area (Å²) in [5.41, 5.74) is -0.0686. The van der Waals surface area contributed by atoms with Gasteiger partial charge < -0.3 is 19.4 Å². The Hall–Kier alpha value is -2.19. The van der Waals surface area contributed by atoms with E-state index in [0.717, 1.165) is 12.8 Å². The van der Waals surface area contributed by atoms with Crippen LogP contribution in [0, 0.1) is 0 Å². The summed E-state index contributed by atoms with van der Waals surface area (Å²) in [7, 11) is 0. The van der Waals surface area contributed by atoms with E-state index >= 15 is 0 Å². The predicted octanol–water partition coefficient (Wildman–Crippen LogP) is 2.66. The molecule has 0 aliphatic carbocycles. The summed E-state index contributed by atoms with van der Waals surface area (Å²) in [5.74, 6) is -0.604. The lowest BCUT2D eigenvalue weighted by atomic mass is 9.86. The molecule has 0 bridgehead atoms. The van der Waals surface area contributed by atoms with Gasteiger partial charge in [-0.2, -0.15) is 0 Å². The van der Waals surface area contributed by atoms with Gasteiger partial charge in [-0.15, -0.1) is 11.3 Å². The number of hydrogen-bond acceptors (Lipinski definition) is 6. The van der Waals surface area contributed by atoms with Gasteiger partial charge in [0.25, 0.3) is 0 Å². The fourth-order valence-corrected chi connectivity index (χ4v) is 3.72. The highest BCUT2D eigenvalue weighted by atomic mass is 32.1. The lowest BCUT2D eigenvalue weighted by Crippen LogP contribution is -2.42. The number of rotatable bonds is 6. The minimum Gasteiger partial charge on any atom is -0.461 e. The molecule has 0 saturated carbocycles. The number of carbonyl (C=O) groups is 2. The fraction of sp³-hybridized carbons (Fsp3) is 0.471. The van der Waals surface area contributed by atoms with Gasteiger partial charge >= 0.3 is 5.97 Å². The number of amides is 1. The average Bonchev–Trinajstić information content (AvgIpc) is 3.28. The SMILES string of the molecule is CCOC(=O)c1csc(NC(=O)CC2(n3cccc3)CCOCC2)n1. The lowest BCUT2D eigenvalue weighted by Gasteiger charge is -2.38. The third-order valence-corrected chi connectivity index (χ3v) is 5.06. The minimum atomic E-state index is -0.479. The normalized spacial score (nSPS) is 16.4. The minimum absolute atomic E-state index is 0.125. The molecule has 3 rings (SSSR count). The van der Waals surface area contributed by atoms with Gasteiger partial charge in [0.1, 0.15) is 0 Å². The van der Waals surface area contributed by atoms with E-state index in [1.807, 2.05) is 24.5 Å². The van der Waals surface area contributed by atoms with Crippen molar-refractivity contribution in [2.24, 2.45) is 0 Å². The summed E-state index contributed by atoms with van der Waals surface area (Å²) in [5, 5.41) is 4.79. The third-order valence-electron chi connectivity index (χ3n) is 4.30. The van der Waals surface area contributed by atoms with Crippen LogP contribution in [0.5, 0.6) is 0 Å². The molecule has 25 heavy (non-hydrogen) atoms. The van der Waals surface area contributed by atoms with Crippen molar-refractivity contribution in [1.82, 2.24) is 9.55 Å². The van der Waals surface area contributed by atoms with E-state index in [-0.39, 0.29) is 17.1 Å². The summed E-state index contributed by atoms with van der Waals surface area (Å²) in [6.07, 6.45) is 5.86. The topological polar surface area (TPSA) is 82.5 Å². The number of carbonyl (C=O) groups excluding carboxylic acids is 2. The number of thiazole rings is 1. The molecule has 0 unspecified atom stereocenters. The van der Waals surface area contributed by atoms with Crippen LogP contribution >= 0.6 is 11.3 Å². The first-order chi connectivity index (χ1) is 12.1. The number of nitrogens with one attached hydrogen (secondary N) is 1. The van der Waals surface area contributed by atoms with Gasteiger partial charge in [0.05, 0.1) is 18.6 Å². The van der Waals surface area contributed by atoms with Crippen LogP contribution in [-0.4, -0.2) is 41.2 Å². The van der Waals surface area contributed by atoms with Crippen molar-refractivity contribution in [2.75, 3.05) is 25.1 Å². The van der Waals surface area contributed by atoms with Gasteiger partial charge in [-0.25, -0.2) is 9.78 Å². The zero-order valence-electron chi connectivity index (χ0n) is 14.1. The van der Waals surface area contributed by atoms with E-state index < -0.39 is 5.97 Å². The largest absolute Gasteiger partial charge is 0.461 e. The Bertz CT molecular complexity index is 720. The van der Waals surface area contributed by atoms with Crippen molar-refractivity contribution < 1.29 is 19.1 Å². The smallest absolute Gasteiger partial charge is 0.357 e. The second-order valence-electron chi connectivity index (χ2n) is 5.91. The van der Waals surface area contributed by atoms with Crippen LogP contribution < -0.4 is 5.32 Å². The first-order valence-electron chi connectivity index (χ1n) is 8.27. The third kappa shape index (κ3) is 4.08. The highest BCUT2D eigenvalue weighted by Gasteiger charge is 2.36. The highest BCUT2D eigenvalue weighted by molar-refractivity contribution is 7.14. The van der Waals surface area contributed by atoms with E-state index in [2.05, 4.69) is 14.9 Å². The van der Waals surface area contributed by atoms with Crippen LogP contribution in [0.25, 0.3) is 0 Å². The first kappa shape index (κ1) is 17.6. The molecule has 134 valence electrons. The number of esters is 1. The van der Waals surface area contributed by atoms with Crippen LogP contribution in [0.2, 0.25) is 0 Å². The molecule has 2 aromatic rings. The lowest BCUT2D eigenvalue weighted by molar-refractivity contribution is -0.119. The van der Waals surface area contributed by atoms with E-state index in [9.17, 15) is 9.59 Å². The summed E-state index contributed by atoms with van der Waals surface area (Å²) < 4.78 is 12.5. The fourth-order valence-electron chi connectivity index (χ4n) is 3.02. The van der Waals surface area contributed by atoms with Gasteiger partial charge in [0, 0.05) is 31.0 Å². The van der Waals surface area contributed by atoms with Gasteiger partial charge in [-0.05, 0) is 31.9 Å². The maximum atomic E-state index is 12.6. The summed E-state index contributed by atoms with van der Waals surface area (Å²) in [4.78, 5) is 28.4. The molecule has 1 fully saturated rings. The molecule has 0 radical (unpaired) electrons. The molecule has 3 heterocycles. The van der Waals surface area contributed by atoms with Crippen LogP contribution in [0.1, 0.15) is 36.7 Å². The molecule has 0 atom stereocenters. The Balaban J connectivity index is 1.67. The van der Waals surface area contributed by atoms with Gasteiger partial charge in [0.2, 0.25) is 5.91 Å². The molecule has 8 heteroatoms. The van der Waals surface area contributed by atoms with Crippen LogP contribution in [0.4, 0.5) is 5.13 Å². The van der Waals surface area contributed by atoms with Crippen molar-refractivity contribution in [1.29, 1.82) is 0 Å². The predicted molar refractivity (Wildman–Crippen MR) is 93.8 cm³/mol. The second kappa shape index (κ2) is 7.79. The van der Waals surface area contributed by atoms with Crippen LogP contribution in [0.15, 0.2) is 29.9 Å². The average molecular weight is 363 g/mol. The molecular formula is C17H21N3O4S. The molecule has 2 aromatic heterocycles. The van der Waals surface area contributed by atoms with E-state index in [4.69, 9.17) is 9.47 Å². The molecule has 1 saturated heterocycles. The van der Waals surface area contributed by atoms with E-state index in [1.54, 1.807) is 12.3 Å². The van der Waals surface area contributed by atoms with Gasteiger partial charge in [0.15, 0.2) is 10.8 Å². The molecule has 0 spiro atoms. The van der Waals surface area contributed by atoms with Gasteiger partial charge in [-0.1, -0.05) is 0 Å². The Labute approximate surface area is 150 Å². The number of nitrogens with zero attached hydrogens (tertiary/aromatic N) is 2. The molecule has 1 amide bonds. The molecular weight excluding hydrogens is 342 g/mol. The molecule has 0 aromatic carbocycles.